The van der Waals surface area contributed by atoms with Gasteiger partial charge in [-0.2, -0.15) is 5.26 Å². The Kier molecular flexibility index (Phi) is 4.69. The molecule has 4 aromatic rings. The number of benzene rings is 2. The zero-order valence-electron chi connectivity index (χ0n) is 14.4. The number of anilines is 1. The Morgan fingerprint density at radius 2 is 1.78 bits per heavy atom. The van der Waals surface area contributed by atoms with Crippen molar-refractivity contribution in [3.8, 4) is 17.2 Å². The Morgan fingerprint density at radius 1 is 1.07 bits per heavy atom. The van der Waals surface area contributed by atoms with Crippen LogP contribution in [0.2, 0.25) is 0 Å². The van der Waals surface area contributed by atoms with Crippen LogP contribution in [0.25, 0.3) is 21.3 Å². The van der Waals surface area contributed by atoms with Crippen molar-refractivity contribution < 1.29 is 0 Å². The molecule has 1 N–H and O–H groups in total. The van der Waals surface area contributed by atoms with E-state index in [0.717, 1.165) is 16.8 Å². The molecule has 0 amide bonds. The Morgan fingerprint density at radius 3 is 2.48 bits per heavy atom. The van der Waals surface area contributed by atoms with Crippen molar-refractivity contribution in [2.75, 3.05) is 5.32 Å². The lowest BCUT2D eigenvalue weighted by Gasteiger charge is -2.11. The standard InChI is InChI=1S/C21H16N4OS/c22-11-12-25-18(13-23-16-9-5-2-6-10-16)24-20-19(21(25)26)17(14-27-20)15-7-3-1-4-8-15/h1-10,14,23H,12-13H2. The highest BCUT2D eigenvalue weighted by Gasteiger charge is 2.16. The van der Waals surface area contributed by atoms with Gasteiger partial charge in [0.2, 0.25) is 0 Å². The van der Waals surface area contributed by atoms with E-state index < -0.39 is 0 Å². The molecule has 0 unspecified atom stereocenters. The predicted octanol–water partition coefficient (Wildman–Crippen LogP) is 4.26. The Bertz CT molecular complexity index is 1170. The Labute approximate surface area is 160 Å². The lowest BCUT2D eigenvalue weighted by Crippen LogP contribution is -2.26. The van der Waals surface area contributed by atoms with E-state index in [-0.39, 0.29) is 12.1 Å². The maximum absolute atomic E-state index is 13.2. The van der Waals surface area contributed by atoms with Gasteiger partial charge in [-0.05, 0) is 17.7 Å². The third-order valence-electron chi connectivity index (χ3n) is 4.31. The highest BCUT2D eigenvalue weighted by molar-refractivity contribution is 7.17. The quantitative estimate of drug-likeness (QED) is 0.568. The SMILES string of the molecule is N#CCn1c(CNc2ccccc2)nc2scc(-c3ccccc3)c2c1=O. The summed E-state index contributed by atoms with van der Waals surface area (Å²) in [6.45, 7) is 0.340. The maximum atomic E-state index is 13.2. The van der Waals surface area contributed by atoms with Crippen LogP contribution in [-0.2, 0) is 13.1 Å². The van der Waals surface area contributed by atoms with Crippen molar-refractivity contribution in [2.45, 2.75) is 13.1 Å². The fraction of sp³-hybridized carbons (Fsp3) is 0.0952. The number of nitriles is 1. The van der Waals surface area contributed by atoms with Crippen LogP contribution in [0.15, 0.2) is 70.8 Å². The summed E-state index contributed by atoms with van der Waals surface area (Å²) in [6, 6.07) is 21.6. The molecule has 2 aromatic carbocycles. The number of fused-ring (bicyclic) bond motifs is 1. The Balaban J connectivity index is 1.80. The number of rotatable bonds is 5. The van der Waals surface area contributed by atoms with Gasteiger partial charge in [-0.25, -0.2) is 4.98 Å². The minimum Gasteiger partial charge on any atom is -0.378 e. The molecule has 0 saturated carbocycles. The van der Waals surface area contributed by atoms with Crippen molar-refractivity contribution in [3.05, 3.63) is 82.2 Å². The molecule has 6 heteroatoms. The van der Waals surface area contributed by atoms with E-state index in [1.807, 2.05) is 66.0 Å². The summed E-state index contributed by atoms with van der Waals surface area (Å²) >= 11 is 1.45. The van der Waals surface area contributed by atoms with Gasteiger partial charge in [-0.1, -0.05) is 48.5 Å². The van der Waals surface area contributed by atoms with Crippen LogP contribution in [0.3, 0.4) is 0 Å². The van der Waals surface area contributed by atoms with Crippen LogP contribution >= 0.6 is 11.3 Å². The molecule has 0 aliphatic rings. The van der Waals surface area contributed by atoms with Crippen molar-refractivity contribution in [1.29, 1.82) is 5.26 Å². The van der Waals surface area contributed by atoms with Crippen LogP contribution in [-0.4, -0.2) is 9.55 Å². The number of nitrogens with one attached hydrogen (secondary N) is 1. The second kappa shape index (κ2) is 7.44. The molecule has 2 heterocycles. The first-order valence-corrected chi connectivity index (χ1v) is 9.38. The van der Waals surface area contributed by atoms with Gasteiger partial charge in [-0.15, -0.1) is 11.3 Å². The van der Waals surface area contributed by atoms with Gasteiger partial charge in [0, 0.05) is 16.6 Å². The second-order valence-electron chi connectivity index (χ2n) is 5.99. The minimum atomic E-state index is -0.175. The normalized spacial score (nSPS) is 10.6. The van der Waals surface area contributed by atoms with Gasteiger partial charge in [-0.3, -0.25) is 9.36 Å². The lowest BCUT2D eigenvalue weighted by atomic mass is 10.1. The third-order valence-corrected chi connectivity index (χ3v) is 5.18. The van der Waals surface area contributed by atoms with E-state index in [1.165, 1.54) is 15.9 Å². The van der Waals surface area contributed by atoms with Crippen molar-refractivity contribution >= 4 is 27.2 Å². The summed E-state index contributed by atoms with van der Waals surface area (Å²) in [6.07, 6.45) is 0. The van der Waals surface area contributed by atoms with Gasteiger partial charge in [0.1, 0.15) is 17.2 Å². The molecule has 0 bridgehead atoms. The molecule has 0 aliphatic carbocycles. The number of para-hydroxylation sites is 1. The summed E-state index contributed by atoms with van der Waals surface area (Å²) in [7, 11) is 0. The van der Waals surface area contributed by atoms with Crippen LogP contribution in [0.4, 0.5) is 5.69 Å². The van der Waals surface area contributed by atoms with E-state index in [0.29, 0.717) is 22.6 Å². The molecule has 0 spiro atoms. The van der Waals surface area contributed by atoms with Crippen LogP contribution in [0.1, 0.15) is 5.82 Å². The monoisotopic (exact) mass is 372 g/mol. The van der Waals surface area contributed by atoms with Crippen LogP contribution in [0.5, 0.6) is 0 Å². The molecule has 2 aromatic heterocycles. The predicted molar refractivity (Wildman–Crippen MR) is 109 cm³/mol. The Hall–Kier alpha value is -3.43. The fourth-order valence-electron chi connectivity index (χ4n) is 3.00. The molecule has 0 saturated heterocycles. The molecule has 0 fully saturated rings. The molecule has 0 atom stereocenters. The number of hydrogen-bond donors (Lipinski definition) is 1. The minimum absolute atomic E-state index is 0.0301. The first-order valence-electron chi connectivity index (χ1n) is 8.50. The van der Waals surface area contributed by atoms with Crippen LogP contribution < -0.4 is 10.9 Å². The summed E-state index contributed by atoms with van der Waals surface area (Å²) in [5.74, 6) is 0.555. The summed E-state index contributed by atoms with van der Waals surface area (Å²) in [5, 5.41) is 15.0. The fourth-order valence-corrected chi connectivity index (χ4v) is 3.96. The summed E-state index contributed by atoms with van der Waals surface area (Å²) in [4.78, 5) is 18.5. The van der Waals surface area contributed by atoms with Gasteiger partial charge >= 0.3 is 0 Å². The molecule has 5 nitrogen and oxygen atoms in total. The number of hydrogen-bond acceptors (Lipinski definition) is 5. The highest BCUT2D eigenvalue weighted by Crippen LogP contribution is 2.30. The van der Waals surface area contributed by atoms with Gasteiger partial charge in [0.25, 0.3) is 5.56 Å². The van der Waals surface area contributed by atoms with Gasteiger partial charge in [0.05, 0.1) is 18.0 Å². The third kappa shape index (κ3) is 3.33. The molecule has 0 radical (unpaired) electrons. The highest BCUT2D eigenvalue weighted by atomic mass is 32.1. The molecule has 0 aliphatic heterocycles. The smallest absolute Gasteiger partial charge is 0.263 e. The van der Waals surface area contributed by atoms with E-state index in [1.54, 1.807) is 0 Å². The number of thiophene rings is 1. The first-order chi connectivity index (χ1) is 13.3. The van der Waals surface area contributed by atoms with Gasteiger partial charge < -0.3 is 5.32 Å². The summed E-state index contributed by atoms with van der Waals surface area (Å²) in [5.41, 5.74) is 2.60. The van der Waals surface area contributed by atoms with E-state index in [4.69, 9.17) is 0 Å². The molecular formula is C21H16N4OS. The zero-order valence-corrected chi connectivity index (χ0v) is 15.2. The van der Waals surface area contributed by atoms with E-state index >= 15 is 0 Å². The molecule has 4 rings (SSSR count). The van der Waals surface area contributed by atoms with E-state index in [2.05, 4.69) is 16.4 Å². The van der Waals surface area contributed by atoms with Gasteiger partial charge in [0.15, 0.2) is 0 Å². The first kappa shape index (κ1) is 17.0. The summed E-state index contributed by atoms with van der Waals surface area (Å²) < 4.78 is 1.46. The number of aromatic nitrogens is 2. The average molecular weight is 372 g/mol. The zero-order chi connectivity index (χ0) is 18.6. The van der Waals surface area contributed by atoms with Crippen molar-refractivity contribution in [2.24, 2.45) is 0 Å². The largest absolute Gasteiger partial charge is 0.378 e. The lowest BCUT2D eigenvalue weighted by molar-refractivity contribution is 0.710. The van der Waals surface area contributed by atoms with Crippen molar-refractivity contribution in [1.82, 2.24) is 9.55 Å². The van der Waals surface area contributed by atoms with Crippen molar-refractivity contribution in [3.63, 3.8) is 0 Å². The molecule has 132 valence electrons. The number of nitrogens with zero attached hydrogens (tertiary/aromatic N) is 3. The maximum Gasteiger partial charge on any atom is 0.263 e. The molecule has 27 heavy (non-hydrogen) atoms. The molecular weight excluding hydrogens is 356 g/mol. The topological polar surface area (TPSA) is 70.7 Å². The van der Waals surface area contributed by atoms with Crippen LogP contribution in [0, 0.1) is 11.3 Å². The average Bonchev–Trinajstić information content (AvgIpc) is 3.14. The second-order valence-corrected chi connectivity index (χ2v) is 6.85. The van der Waals surface area contributed by atoms with E-state index in [9.17, 15) is 10.1 Å².